The summed E-state index contributed by atoms with van der Waals surface area (Å²) in [4.78, 5) is 51.1. The van der Waals surface area contributed by atoms with Crippen molar-refractivity contribution in [2.24, 2.45) is 40.0 Å². The zero-order chi connectivity index (χ0) is 35.8. The summed E-state index contributed by atoms with van der Waals surface area (Å²) in [5.74, 6) is -1.27. The molecule has 0 bridgehead atoms. The molecule has 7 atom stereocenters. The van der Waals surface area contributed by atoms with E-state index in [1.54, 1.807) is 40.0 Å². The number of hydrogen-bond acceptors (Lipinski definition) is 9. The quantitative estimate of drug-likeness (QED) is 0.140. The van der Waals surface area contributed by atoms with Crippen LogP contribution in [0.15, 0.2) is 17.0 Å². The first kappa shape index (κ1) is 42.5. The van der Waals surface area contributed by atoms with Crippen LogP contribution in [0.1, 0.15) is 102 Å². The van der Waals surface area contributed by atoms with E-state index in [2.05, 4.69) is 15.9 Å². The Morgan fingerprint density at radius 2 is 1.90 bits per heavy atom. The molecule has 1 aliphatic heterocycles. The monoisotopic (exact) mass is 726 g/mol. The standard InChI is InChI=1S/C34H46F2N3O5.CH5N.CH2O.V/c1-6-24-27(19-40)39(32(41)31(38-42)33(2,3)4)18-29(24)44-28-17-22-15-23(43-5)12-13-26(22)37-30(28)34(35,36)14-8-7-9-20-10-11-21-16-25(20)21;2*1-2;/h15,17,20-21,24-25,27,29,31H,6-14,16,18H2,1-5H3;2H2,1H3;1H2;/q-1;;;/t20-,21?,24-,25?,27?,29-,31+;;;/m0.../s1. The van der Waals surface area contributed by atoms with Crippen LogP contribution in [0.5, 0.6) is 5.75 Å². The van der Waals surface area contributed by atoms with Crippen LogP contribution >= 0.6 is 0 Å². The number of amides is 1. The van der Waals surface area contributed by atoms with Crippen LogP contribution in [0.2, 0.25) is 0 Å². The molecule has 1 amide bonds. The number of likely N-dealkylation sites (tertiary alicyclic amines) is 1. The first-order valence-electron chi connectivity index (χ1n) is 17.1. The molecule has 1 radical (unpaired) electrons. The van der Waals surface area contributed by atoms with Gasteiger partial charge >= 0.3 is 0 Å². The molecule has 3 fully saturated rings. The molecule has 10 nitrogen and oxygen atoms in total. The molecule has 2 N–H and O–H groups in total. The summed E-state index contributed by atoms with van der Waals surface area (Å²) in [7, 11) is 3.07. The van der Waals surface area contributed by atoms with Crippen molar-refractivity contribution < 1.29 is 51.2 Å². The van der Waals surface area contributed by atoms with E-state index in [0.29, 0.717) is 42.9 Å². The molecule has 49 heavy (non-hydrogen) atoms. The third-order valence-corrected chi connectivity index (χ3v) is 10.3. The number of carbonyl (C=O) groups excluding carboxylic acids is 3. The molecule has 1 saturated heterocycles. The van der Waals surface area contributed by atoms with Gasteiger partial charge in [0.25, 0.3) is 5.92 Å². The number of hydrogen-bond donors (Lipinski definition) is 1. The molecule has 4 aliphatic rings. The minimum Gasteiger partial charge on any atom is -0.540 e. The van der Waals surface area contributed by atoms with E-state index >= 15 is 8.78 Å². The van der Waals surface area contributed by atoms with E-state index in [1.807, 2.05) is 20.0 Å². The van der Waals surface area contributed by atoms with Crippen LogP contribution in [0.4, 0.5) is 8.78 Å². The van der Waals surface area contributed by atoms with Crippen LogP contribution in [0.25, 0.3) is 6.08 Å². The molecule has 13 heteroatoms. The number of nitroso groups, excluding NO2 is 1. The van der Waals surface area contributed by atoms with Crippen LogP contribution < -0.4 is 10.5 Å². The van der Waals surface area contributed by atoms with Crippen molar-refractivity contribution in [2.75, 3.05) is 20.7 Å². The van der Waals surface area contributed by atoms with E-state index < -0.39 is 47.0 Å². The molecular weight excluding hydrogens is 673 g/mol. The number of alkyl halides is 2. The Kier molecular flexibility index (Phi) is 16.0. The third-order valence-electron chi connectivity index (χ3n) is 10.3. The maximum atomic E-state index is 16.0. The minimum atomic E-state index is -3.22. The Morgan fingerprint density at radius 3 is 2.43 bits per heavy atom. The molecule has 3 aliphatic carbocycles. The largest absolute Gasteiger partial charge is 0.540 e. The fraction of sp³-hybridized carbons (Fsp3) is 0.722. The minimum absolute atomic E-state index is 0. The summed E-state index contributed by atoms with van der Waals surface area (Å²) < 4.78 is 43.9. The number of fused-ring (bicyclic) bond motifs is 2. The van der Waals surface area contributed by atoms with Gasteiger partial charge in [-0.2, -0.15) is 8.78 Å². The zero-order valence-corrected chi connectivity index (χ0v) is 31.1. The number of aryl methyl sites for hydroxylation is 1. The van der Waals surface area contributed by atoms with Crippen molar-refractivity contribution in [1.29, 1.82) is 0 Å². The van der Waals surface area contributed by atoms with Gasteiger partial charge in [-0.1, -0.05) is 58.2 Å². The van der Waals surface area contributed by atoms with Crippen LogP contribution in [0.3, 0.4) is 0 Å². The molecule has 1 aromatic heterocycles. The van der Waals surface area contributed by atoms with E-state index in [1.165, 1.54) is 31.2 Å². The van der Waals surface area contributed by atoms with Gasteiger partial charge in [-0.3, -0.25) is 4.79 Å². The number of nitrogens with two attached hydrogens (primary N) is 1. The maximum absolute atomic E-state index is 16.0. The van der Waals surface area contributed by atoms with Crippen molar-refractivity contribution in [3.8, 4) is 5.75 Å². The fourth-order valence-electron chi connectivity index (χ4n) is 7.69. The smallest absolute Gasteiger partial charge is 0.293 e. The predicted octanol–water partition coefficient (Wildman–Crippen LogP) is 6.38. The van der Waals surface area contributed by atoms with Gasteiger partial charge in [0, 0.05) is 42.7 Å². The number of rotatable bonds is 13. The summed E-state index contributed by atoms with van der Waals surface area (Å²) in [6.45, 7) is 8.97. The summed E-state index contributed by atoms with van der Waals surface area (Å²) >= 11 is 0. The molecule has 0 aromatic carbocycles. The Bertz CT molecular complexity index is 1310. The Balaban J connectivity index is 0.00000161. The number of ether oxygens (including phenoxy) is 2. The van der Waals surface area contributed by atoms with Gasteiger partial charge in [-0.15, -0.1) is 4.91 Å². The molecule has 1 aromatic rings. The Morgan fingerprint density at radius 1 is 1.20 bits per heavy atom. The number of pyridine rings is 1. The molecule has 2 saturated carbocycles. The second-order valence-electron chi connectivity index (χ2n) is 14.3. The van der Waals surface area contributed by atoms with E-state index in [-0.39, 0.29) is 37.3 Å². The fourth-order valence-corrected chi connectivity index (χ4v) is 7.69. The molecule has 273 valence electrons. The topological polar surface area (TPSA) is 141 Å². The van der Waals surface area contributed by atoms with Crippen molar-refractivity contribution in [2.45, 2.75) is 116 Å². The molecule has 2 heterocycles. The maximum Gasteiger partial charge on any atom is 0.293 e. The number of aromatic nitrogens is 1. The molecule has 0 spiro atoms. The zero-order valence-electron chi connectivity index (χ0n) is 29.8. The number of allylic oxidation sites excluding steroid dienone is 1. The molecule has 3 unspecified atom stereocenters. The van der Waals surface area contributed by atoms with Crippen LogP contribution in [-0.2, 0) is 50.0 Å². The van der Waals surface area contributed by atoms with Crippen molar-refractivity contribution >= 4 is 25.1 Å². The summed E-state index contributed by atoms with van der Waals surface area (Å²) in [5, 5.41) is 3.07. The number of nitrogens with zero attached hydrogens (tertiary/aromatic N) is 3. The second-order valence-corrected chi connectivity index (χ2v) is 14.3. The van der Waals surface area contributed by atoms with Gasteiger partial charge < -0.3 is 29.7 Å². The van der Waals surface area contributed by atoms with E-state index in [4.69, 9.17) is 14.3 Å². The van der Waals surface area contributed by atoms with Crippen LogP contribution in [0, 0.1) is 34.0 Å². The van der Waals surface area contributed by atoms with Crippen molar-refractivity contribution in [1.82, 2.24) is 9.88 Å². The average Bonchev–Trinajstić information content (AvgIpc) is 3.61. The molecule has 5 rings (SSSR count). The molecular formula is C36H53F2N4O6V-. The van der Waals surface area contributed by atoms with Crippen molar-refractivity contribution in [3.05, 3.63) is 33.7 Å². The average molecular weight is 727 g/mol. The third kappa shape index (κ3) is 9.76. The van der Waals surface area contributed by atoms with Crippen molar-refractivity contribution in [3.63, 3.8) is 0 Å². The van der Waals surface area contributed by atoms with E-state index in [0.717, 1.165) is 30.4 Å². The van der Waals surface area contributed by atoms with Gasteiger partial charge in [-0.05, 0) is 80.4 Å². The first-order valence-corrected chi connectivity index (χ1v) is 17.1. The van der Waals surface area contributed by atoms with Gasteiger partial charge in [0.05, 0.1) is 19.4 Å². The van der Waals surface area contributed by atoms with Gasteiger partial charge in [0.1, 0.15) is 18.6 Å². The first-order chi connectivity index (χ1) is 22.9. The normalized spacial score (nSPS) is 25.8. The summed E-state index contributed by atoms with van der Waals surface area (Å²) in [6.07, 6.45) is 10.1. The number of unbranched alkanes of at least 4 members (excludes halogenated alkanes) is 1. The summed E-state index contributed by atoms with van der Waals surface area (Å²) in [6, 6.07) is -0.607. The van der Waals surface area contributed by atoms with Gasteiger partial charge in [-0.25, -0.2) is 11.3 Å². The van der Waals surface area contributed by atoms with Crippen LogP contribution in [-0.4, -0.2) is 67.8 Å². The number of methoxy groups -OCH3 is 1. The number of carbonyl (C=O) groups is 2. The number of halogens is 2. The second kappa shape index (κ2) is 18.5. The van der Waals surface area contributed by atoms with E-state index in [9.17, 15) is 14.5 Å². The predicted molar refractivity (Wildman–Crippen MR) is 180 cm³/mol. The van der Waals surface area contributed by atoms with Gasteiger partial charge in [0.2, 0.25) is 5.91 Å². The Labute approximate surface area is 301 Å². The summed E-state index contributed by atoms with van der Waals surface area (Å²) in [5.41, 5.74) is 4.55. The Hall–Kier alpha value is -2.70. The van der Waals surface area contributed by atoms with Gasteiger partial charge in [0.15, 0.2) is 11.7 Å². The SMILES string of the molecule is C=O.CC[C@H]1C([C-]=O)N(C(=O)[C@@H](N=O)C(C)(C)C)C[C@@H]1Oc1cc2c(nc1C(F)(F)CCCC[C@H]1CCC3CC31)CCC(OC)=C2.CN.[V].